The minimum Gasteiger partial charge on any atom is -0.308 e. The number of hydrogen-bond acceptors (Lipinski definition) is 4. The standard InChI is InChI=1S/C14H20F2N2O2S2/c1-17(2)9-13-10-21-5-3-4-18(13)22(19,20)14-7-11(15)6-12(16)8-14/h6-8,13H,3-5,9-10H2,1-2H3. The Labute approximate surface area is 134 Å². The second kappa shape index (κ2) is 7.25. The minimum absolute atomic E-state index is 0.209. The molecule has 2 rings (SSSR count). The summed E-state index contributed by atoms with van der Waals surface area (Å²) >= 11 is 1.71. The van der Waals surface area contributed by atoms with E-state index in [2.05, 4.69) is 0 Å². The molecule has 22 heavy (non-hydrogen) atoms. The predicted molar refractivity (Wildman–Crippen MR) is 84.5 cm³/mol. The SMILES string of the molecule is CN(C)CC1CSCCCN1S(=O)(=O)c1cc(F)cc(F)c1. The fourth-order valence-electron chi connectivity index (χ4n) is 2.50. The van der Waals surface area contributed by atoms with Gasteiger partial charge >= 0.3 is 0 Å². The molecule has 4 nitrogen and oxygen atoms in total. The maximum atomic E-state index is 13.4. The van der Waals surface area contributed by atoms with E-state index in [0.717, 1.165) is 24.3 Å². The zero-order valence-electron chi connectivity index (χ0n) is 12.6. The van der Waals surface area contributed by atoms with Crippen LogP contribution in [0.5, 0.6) is 0 Å². The van der Waals surface area contributed by atoms with E-state index < -0.39 is 21.7 Å². The lowest BCUT2D eigenvalue weighted by molar-refractivity contribution is 0.271. The third-order valence-corrected chi connectivity index (χ3v) is 6.53. The van der Waals surface area contributed by atoms with Gasteiger partial charge in [-0.05, 0) is 38.4 Å². The molecule has 1 aliphatic rings. The van der Waals surface area contributed by atoms with Gasteiger partial charge in [-0.2, -0.15) is 16.1 Å². The Morgan fingerprint density at radius 1 is 1.27 bits per heavy atom. The highest BCUT2D eigenvalue weighted by Gasteiger charge is 2.33. The average Bonchev–Trinajstić information content (AvgIpc) is 2.62. The summed E-state index contributed by atoms with van der Waals surface area (Å²) in [5.41, 5.74) is 0. The Hall–Kier alpha value is -0.700. The average molecular weight is 350 g/mol. The van der Waals surface area contributed by atoms with Gasteiger partial charge in [-0.15, -0.1) is 0 Å². The van der Waals surface area contributed by atoms with Crippen LogP contribution in [0, 0.1) is 11.6 Å². The lowest BCUT2D eigenvalue weighted by Gasteiger charge is -2.30. The molecule has 1 atom stereocenters. The Balaban J connectivity index is 2.38. The van der Waals surface area contributed by atoms with Crippen molar-refractivity contribution < 1.29 is 17.2 Å². The molecule has 0 saturated carbocycles. The quantitative estimate of drug-likeness (QED) is 0.833. The molecule has 0 amide bonds. The molecule has 1 saturated heterocycles. The Morgan fingerprint density at radius 2 is 1.91 bits per heavy atom. The van der Waals surface area contributed by atoms with Gasteiger partial charge in [0.25, 0.3) is 0 Å². The molecule has 8 heteroatoms. The molecule has 1 aliphatic heterocycles. The molecular formula is C14H20F2N2O2S2. The van der Waals surface area contributed by atoms with Crippen LogP contribution in [0.4, 0.5) is 8.78 Å². The molecule has 1 aromatic rings. The van der Waals surface area contributed by atoms with E-state index in [9.17, 15) is 17.2 Å². The zero-order valence-corrected chi connectivity index (χ0v) is 14.3. The summed E-state index contributed by atoms with van der Waals surface area (Å²) in [4.78, 5) is 1.60. The second-order valence-electron chi connectivity index (χ2n) is 5.57. The molecule has 0 spiro atoms. The van der Waals surface area contributed by atoms with Crippen molar-refractivity contribution in [3.05, 3.63) is 29.8 Å². The molecule has 0 bridgehead atoms. The van der Waals surface area contributed by atoms with E-state index in [0.29, 0.717) is 24.9 Å². The Morgan fingerprint density at radius 3 is 2.50 bits per heavy atom. The first-order valence-corrected chi connectivity index (χ1v) is 9.60. The van der Waals surface area contributed by atoms with Crippen LogP contribution in [-0.2, 0) is 10.0 Å². The maximum absolute atomic E-state index is 13.4. The summed E-state index contributed by atoms with van der Waals surface area (Å²) in [5.74, 6) is -0.207. The number of nitrogens with zero attached hydrogens (tertiary/aromatic N) is 2. The van der Waals surface area contributed by atoms with Gasteiger partial charge in [-0.3, -0.25) is 0 Å². The van der Waals surface area contributed by atoms with Gasteiger partial charge < -0.3 is 4.90 Å². The van der Waals surface area contributed by atoms with Gasteiger partial charge in [0, 0.05) is 31.0 Å². The Kier molecular flexibility index (Phi) is 5.81. The summed E-state index contributed by atoms with van der Waals surface area (Å²) in [6.45, 7) is 0.940. The first-order chi connectivity index (χ1) is 10.3. The van der Waals surface area contributed by atoms with Gasteiger partial charge in [0.1, 0.15) is 11.6 Å². The fourth-order valence-corrected chi connectivity index (χ4v) is 5.35. The summed E-state index contributed by atoms with van der Waals surface area (Å²) in [6, 6.07) is 2.22. The maximum Gasteiger partial charge on any atom is 0.243 e. The molecule has 1 fully saturated rings. The van der Waals surface area contributed by atoms with Gasteiger partial charge in [0.15, 0.2) is 0 Å². The third-order valence-electron chi connectivity index (χ3n) is 3.40. The minimum atomic E-state index is -3.91. The number of rotatable bonds is 4. The van der Waals surface area contributed by atoms with Crippen molar-refractivity contribution in [2.75, 3.05) is 38.7 Å². The molecule has 0 N–H and O–H groups in total. The Bertz CT molecular complexity index is 603. The summed E-state index contributed by atoms with van der Waals surface area (Å²) < 4.78 is 53.7. The summed E-state index contributed by atoms with van der Waals surface area (Å²) in [5, 5.41) is 0. The zero-order chi connectivity index (χ0) is 16.3. The van der Waals surface area contributed by atoms with Crippen LogP contribution in [0.15, 0.2) is 23.1 Å². The number of halogens is 2. The molecular weight excluding hydrogens is 330 g/mol. The van der Waals surface area contributed by atoms with Crippen molar-refractivity contribution >= 4 is 21.8 Å². The van der Waals surface area contributed by atoms with Crippen molar-refractivity contribution in [3.8, 4) is 0 Å². The lowest BCUT2D eigenvalue weighted by atomic mass is 10.3. The van der Waals surface area contributed by atoms with Gasteiger partial charge in [0.2, 0.25) is 10.0 Å². The normalized spacial score (nSPS) is 21.0. The lowest BCUT2D eigenvalue weighted by Crippen LogP contribution is -2.46. The highest BCUT2D eigenvalue weighted by atomic mass is 32.2. The van der Waals surface area contributed by atoms with E-state index in [-0.39, 0.29) is 10.9 Å². The van der Waals surface area contributed by atoms with Crippen LogP contribution < -0.4 is 0 Å². The highest BCUT2D eigenvalue weighted by molar-refractivity contribution is 7.99. The van der Waals surface area contributed by atoms with Crippen molar-refractivity contribution in [2.24, 2.45) is 0 Å². The summed E-state index contributed by atoms with van der Waals surface area (Å²) in [7, 11) is -0.157. The van der Waals surface area contributed by atoms with Crippen LogP contribution in [0.25, 0.3) is 0 Å². The van der Waals surface area contributed by atoms with Gasteiger partial charge in [-0.1, -0.05) is 0 Å². The van der Waals surface area contributed by atoms with Gasteiger partial charge in [-0.25, -0.2) is 17.2 Å². The molecule has 0 aliphatic carbocycles. The van der Waals surface area contributed by atoms with Crippen LogP contribution in [0.3, 0.4) is 0 Å². The largest absolute Gasteiger partial charge is 0.308 e. The van der Waals surface area contributed by atoms with E-state index >= 15 is 0 Å². The van der Waals surface area contributed by atoms with Crippen molar-refractivity contribution in [3.63, 3.8) is 0 Å². The molecule has 124 valence electrons. The van der Waals surface area contributed by atoms with E-state index in [1.165, 1.54) is 4.31 Å². The number of likely N-dealkylation sites (N-methyl/N-ethyl adjacent to an activating group) is 1. The molecule has 1 aromatic carbocycles. The summed E-state index contributed by atoms with van der Waals surface area (Å²) in [6.07, 6.45) is 0.728. The molecule has 0 aromatic heterocycles. The number of hydrogen-bond donors (Lipinski definition) is 0. The van der Waals surface area contributed by atoms with E-state index in [1.54, 1.807) is 11.8 Å². The fraction of sp³-hybridized carbons (Fsp3) is 0.571. The van der Waals surface area contributed by atoms with Crippen molar-refractivity contribution in [2.45, 2.75) is 17.4 Å². The van der Waals surface area contributed by atoms with Crippen LogP contribution in [0.2, 0.25) is 0 Å². The number of sulfonamides is 1. The van der Waals surface area contributed by atoms with Crippen LogP contribution >= 0.6 is 11.8 Å². The van der Waals surface area contributed by atoms with Gasteiger partial charge in [0.05, 0.1) is 4.90 Å². The highest BCUT2D eigenvalue weighted by Crippen LogP contribution is 2.25. The van der Waals surface area contributed by atoms with E-state index in [1.807, 2.05) is 19.0 Å². The number of thioether (sulfide) groups is 1. The predicted octanol–water partition coefficient (Wildman–Crippen LogP) is 2.02. The molecule has 1 heterocycles. The first kappa shape index (κ1) is 17.7. The second-order valence-corrected chi connectivity index (χ2v) is 8.61. The molecule has 1 unspecified atom stereocenters. The smallest absolute Gasteiger partial charge is 0.243 e. The third kappa shape index (κ3) is 4.18. The first-order valence-electron chi connectivity index (χ1n) is 7.01. The van der Waals surface area contributed by atoms with Crippen molar-refractivity contribution in [1.29, 1.82) is 0 Å². The molecule has 0 radical (unpaired) electrons. The van der Waals surface area contributed by atoms with Crippen LogP contribution in [0.1, 0.15) is 6.42 Å². The number of benzene rings is 1. The monoisotopic (exact) mass is 350 g/mol. The van der Waals surface area contributed by atoms with Crippen LogP contribution in [-0.4, -0.2) is 62.4 Å². The van der Waals surface area contributed by atoms with Crippen molar-refractivity contribution in [1.82, 2.24) is 9.21 Å². The topological polar surface area (TPSA) is 40.6 Å². The van der Waals surface area contributed by atoms with E-state index in [4.69, 9.17) is 0 Å².